The number of imidazole rings is 1. The quantitative estimate of drug-likeness (QED) is 0.00878. The first-order chi connectivity index (χ1) is 38.1. The molecule has 5 aromatic carbocycles. The molecular formula is C42H36N10O22S7. The molecule has 39 heteroatoms. The first kappa shape index (κ1) is 61.4. The summed E-state index contributed by atoms with van der Waals surface area (Å²) in [5, 5.41) is 82.4. The summed E-state index contributed by atoms with van der Waals surface area (Å²) >= 11 is 1.20. The zero-order chi connectivity index (χ0) is 59.4. The van der Waals surface area contributed by atoms with Crippen molar-refractivity contribution in [1.29, 1.82) is 5.26 Å². The molecule has 0 aliphatic carbocycles. The number of benzene rings is 5. The van der Waals surface area contributed by atoms with E-state index in [1.54, 1.807) is 24.3 Å². The highest BCUT2D eigenvalue weighted by atomic mass is 32.2. The number of thiazole rings is 1. The average Bonchev–Trinajstić information content (AvgIpc) is 2.98. The fourth-order valence-corrected chi connectivity index (χ4v) is 11.8. The van der Waals surface area contributed by atoms with Crippen LogP contribution in [-0.4, -0.2) is 113 Å². The SMILES string of the molecule is COc1c(SOOO)cc2nc(N=Nc3cc(OCCCS(=O)(=O)O)c(N=Nc4c(SOOO)cc5c(S(=O)(=O)O)c(N=Nc6c(C)c(C#N)c7nc8ccccc8n7c6O)ccc5c4O)cc3C)sc2c1S(=O)(=O)O.CS(=O)(=O)O. The Balaban J connectivity index is 0.00000181. The number of nitriles is 1. The molecule has 0 radical (unpaired) electrons. The van der Waals surface area contributed by atoms with E-state index in [1.807, 2.05) is 6.07 Å². The first-order valence-corrected chi connectivity index (χ1v) is 30.2. The van der Waals surface area contributed by atoms with Gasteiger partial charge in [-0.1, -0.05) is 33.5 Å². The Labute approximate surface area is 467 Å². The van der Waals surface area contributed by atoms with Crippen LogP contribution in [0.5, 0.6) is 23.1 Å². The molecule has 0 amide bonds. The van der Waals surface area contributed by atoms with Crippen LogP contribution in [0, 0.1) is 25.2 Å². The Bertz CT molecular complexity index is 4410. The van der Waals surface area contributed by atoms with Gasteiger partial charge in [0, 0.05) is 22.4 Å². The van der Waals surface area contributed by atoms with Gasteiger partial charge in [0.2, 0.25) is 11.0 Å². The van der Waals surface area contributed by atoms with E-state index in [4.69, 9.17) is 24.5 Å². The molecule has 32 nitrogen and oxygen atoms in total. The Morgan fingerprint density at radius 3 is 1.99 bits per heavy atom. The highest BCUT2D eigenvalue weighted by Gasteiger charge is 2.29. The van der Waals surface area contributed by atoms with Gasteiger partial charge < -0.3 is 19.7 Å². The summed E-state index contributed by atoms with van der Waals surface area (Å²) in [6, 6.07) is 15.9. The second-order valence-electron chi connectivity index (χ2n) is 16.0. The van der Waals surface area contributed by atoms with Crippen molar-refractivity contribution >= 4 is 147 Å². The van der Waals surface area contributed by atoms with Gasteiger partial charge in [-0.25, -0.2) is 20.5 Å². The summed E-state index contributed by atoms with van der Waals surface area (Å²) in [4.78, 5) is 6.70. The zero-order valence-electron chi connectivity index (χ0n) is 41.0. The minimum atomic E-state index is -5.28. The lowest BCUT2D eigenvalue weighted by molar-refractivity contribution is -0.432. The molecule has 3 heterocycles. The molecule has 8 rings (SSSR count). The number of ether oxygens (including phenoxy) is 2. The summed E-state index contributed by atoms with van der Waals surface area (Å²) in [7, 11) is -17.2. The standard InChI is InChI=1S/C41H32N10O19S6.CH4O3S/c1-18-13-26(29(66-11-6-12-74(56,57)58)15-25(18)46-50-41-44-27-16-31(73-70-68-55)35(65-3)38(36(27)71-41)76(62,63)64)47-49-33-30(72-69-67-54)14-21-20(34(33)52)9-10-24(37(21)75(59,60)61)45-48-32-19(2)22(17-42)39-43-23-7-4-5-8-28(23)51(39)40(32)53;1-5(2,3)4/h4-5,7-10,13-16,52-55H,6,11-12H2,1-3H3,(H,56,57,58)(H,59,60,61)(H,62,63,64);1H3,(H,2,3,4). The zero-order valence-corrected chi connectivity index (χ0v) is 46.7. The number of pyridine rings is 1. The van der Waals surface area contributed by atoms with Crippen molar-refractivity contribution in [3.63, 3.8) is 0 Å². The number of azo groups is 3. The average molecular weight is 1260 g/mol. The van der Waals surface area contributed by atoms with Crippen molar-refractivity contribution in [2.45, 2.75) is 39.9 Å². The van der Waals surface area contributed by atoms with Crippen LogP contribution in [0.25, 0.3) is 37.7 Å². The fraction of sp³-hybridized carbons (Fsp3) is 0.167. The highest BCUT2D eigenvalue weighted by Crippen LogP contribution is 2.49. The van der Waals surface area contributed by atoms with E-state index in [0.29, 0.717) is 46.2 Å². The van der Waals surface area contributed by atoms with E-state index in [0.717, 1.165) is 19.2 Å². The lowest BCUT2D eigenvalue weighted by Gasteiger charge is -2.13. The van der Waals surface area contributed by atoms with Crippen LogP contribution in [-0.2, 0) is 59.2 Å². The molecule has 0 saturated carbocycles. The highest BCUT2D eigenvalue weighted by molar-refractivity contribution is 7.95. The van der Waals surface area contributed by atoms with Gasteiger partial charge in [-0.2, -0.15) is 38.9 Å². The number of hydrogen-bond donors (Lipinski definition) is 8. The van der Waals surface area contributed by atoms with Crippen molar-refractivity contribution in [3.8, 4) is 29.2 Å². The van der Waals surface area contributed by atoms with Crippen LogP contribution in [0.4, 0.5) is 33.6 Å². The third-order valence-electron chi connectivity index (χ3n) is 10.6. The maximum atomic E-state index is 13.2. The summed E-state index contributed by atoms with van der Waals surface area (Å²) < 4.78 is 151. The van der Waals surface area contributed by atoms with E-state index in [2.05, 4.69) is 59.4 Å². The van der Waals surface area contributed by atoms with Crippen LogP contribution in [0.2, 0.25) is 0 Å². The van der Waals surface area contributed by atoms with Crippen molar-refractivity contribution in [2.24, 2.45) is 30.7 Å². The monoisotopic (exact) mass is 1260 g/mol. The van der Waals surface area contributed by atoms with E-state index in [9.17, 15) is 62.8 Å². The molecule has 0 aliphatic heterocycles. The predicted octanol–water partition coefficient (Wildman–Crippen LogP) is 9.92. The first-order valence-electron chi connectivity index (χ1n) is 21.6. The van der Waals surface area contributed by atoms with Gasteiger partial charge in [-0.05, 0) is 68.3 Å². The second kappa shape index (κ2) is 24.9. The minimum absolute atomic E-state index is 0.0192. The number of aromatic hydroxyl groups is 2. The minimum Gasteiger partial charge on any atom is -0.505 e. The van der Waals surface area contributed by atoms with Crippen LogP contribution < -0.4 is 9.47 Å². The molecule has 0 saturated heterocycles. The van der Waals surface area contributed by atoms with Gasteiger partial charge in [0.25, 0.3) is 40.5 Å². The van der Waals surface area contributed by atoms with Crippen LogP contribution in [0.1, 0.15) is 23.1 Å². The summed E-state index contributed by atoms with van der Waals surface area (Å²) in [6.07, 6.45) is 0.481. The molecule has 0 aliphatic rings. The van der Waals surface area contributed by atoms with Crippen LogP contribution in [0.15, 0.2) is 111 Å². The van der Waals surface area contributed by atoms with E-state index < -0.39 is 84.4 Å². The predicted molar refractivity (Wildman–Crippen MR) is 284 cm³/mol. The van der Waals surface area contributed by atoms with Gasteiger partial charge in [-0.15, -0.1) is 39.4 Å². The van der Waals surface area contributed by atoms with Crippen LogP contribution >= 0.6 is 35.4 Å². The van der Waals surface area contributed by atoms with Crippen molar-refractivity contribution < 1.29 is 101 Å². The molecule has 0 atom stereocenters. The number of fused-ring (bicyclic) bond motifs is 5. The summed E-state index contributed by atoms with van der Waals surface area (Å²) in [5.74, 6) is -2.52. The normalized spacial score (nSPS) is 12.6. The van der Waals surface area contributed by atoms with Gasteiger partial charge in [0.1, 0.15) is 39.3 Å². The number of methoxy groups -OCH3 is 1. The third kappa shape index (κ3) is 14.3. The molecule has 81 heavy (non-hydrogen) atoms. The number of phenols is 1. The number of aryl methyl sites for hydroxylation is 1. The molecule has 0 fully saturated rings. The lowest BCUT2D eigenvalue weighted by atomic mass is 10.1. The number of aromatic nitrogens is 3. The fourth-order valence-electron chi connectivity index (χ4n) is 7.43. The molecule has 8 aromatic rings. The van der Waals surface area contributed by atoms with E-state index in [1.165, 1.54) is 42.5 Å². The Morgan fingerprint density at radius 1 is 0.728 bits per heavy atom. The molecule has 8 N–H and O–H groups in total. The maximum absolute atomic E-state index is 13.2. The van der Waals surface area contributed by atoms with Crippen molar-refractivity contribution in [2.75, 3.05) is 25.7 Å². The van der Waals surface area contributed by atoms with Crippen molar-refractivity contribution in [1.82, 2.24) is 14.4 Å². The largest absolute Gasteiger partial charge is 0.505 e. The van der Waals surface area contributed by atoms with Gasteiger partial charge in [0.05, 0.1) is 86.5 Å². The Kier molecular flexibility index (Phi) is 18.9. The summed E-state index contributed by atoms with van der Waals surface area (Å²) in [5.41, 5.74) is 0.109. The number of hydrogen-bond acceptors (Lipinski definition) is 30. The molecule has 0 unspecified atom stereocenters. The number of nitrogens with zero attached hydrogens (tertiary/aromatic N) is 10. The maximum Gasteiger partial charge on any atom is 0.299 e. The van der Waals surface area contributed by atoms with Gasteiger partial charge >= 0.3 is 0 Å². The van der Waals surface area contributed by atoms with Gasteiger partial charge in [0.15, 0.2) is 27.7 Å². The van der Waals surface area contributed by atoms with E-state index >= 15 is 0 Å². The summed E-state index contributed by atoms with van der Waals surface area (Å²) in [6.45, 7) is 2.65. The third-order valence-corrected chi connectivity index (χ3v) is 15.6. The number of para-hydroxylation sites is 2. The Morgan fingerprint density at radius 2 is 1.36 bits per heavy atom. The number of rotatable bonds is 20. The van der Waals surface area contributed by atoms with E-state index in [-0.39, 0.29) is 101 Å². The topological polar surface area (TPSA) is 482 Å². The molecule has 3 aromatic heterocycles. The van der Waals surface area contributed by atoms with Gasteiger partial charge in [-0.3, -0.25) is 22.6 Å². The molecule has 428 valence electrons. The molecule has 0 bridgehead atoms. The Hall–Kier alpha value is -7.21. The number of phenolic OH excluding ortho intramolecular Hbond substituents is 1. The lowest BCUT2D eigenvalue weighted by Crippen LogP contribution is -2.08. The van der Waals surface area contributed by atoms with Crippen LogP contribution in [0.3, 0.4) is 0 Å². The molecular weight excluding hydrogens is 1220 g/mol. The second-order valence-corrected chi connectivity index (χ2v) is 24.3. The van der Waals surface area contributed by atoms with Crippen molar-refractivity contribution in [3.05, 3.63) is 77.4 Å². The molecule has 0 spiro atoms. The smallest absolute Gasteiger partial charge is 0.299 e.